The van der Waals surface area contributed by atoms with Crippen molar-refractivity contribution in [3.8, 4) is 68.3 Å². The summed E-state index contributed by atoms with van der Waals surface area (Å²) < 4.78 is 52.0. The molecule has 6 aromatic carbocycles. The van der Waals surface area contributed by atoms with Crippen LogP contribution in [0.15, 0.2) is 142 Å². The summed E-state index contributed by atoms with van der Waals surface area (Å²) in [6.45, 7) is 59.3. The first-order valence-electron chi connectivity index (χ1n) is 35.7. The molecule has 12 rings (SSSR count). The molecule has 4 aliphatic rings. The Balaban J connectivity index is 0.000000184. The van der Waals surface area contributed by atoms with Crippen LogP contribution >= 0.6 is 31.9 Å². The molecule has 102 heavy (non-hydrogen) atoms. The van der Waals surface area contributed by atoms with E-state index in [0.29, 0.717) is 34.9 Å². The smallest absolute Gasteiger partial charge is 0.405 e. The molecule has 8 aromatic rings. The number of halogens is 2. The second-order valence-electron chi connectivity index (χ2n) is 35.9. The van der Waals surface area contributed by atoms with Crippen molar-refractivity contribution in [1.29, 1.82) is 0 Å². The Kier molecular flexibility index (Phi) is 21.5. The number of hydrogen-bond acceptors (Lipinski definition) is 14. The van der Waals surface area contributed by atoms with Crippen LogP contribution in [0, 0.1) is 0 Å². The number of benzene rings is 6. The first kappa shape index (κ1) is 78.8. The van der Waals surface area contributed by atoms with Gasteiger partial charge in [0, 0.05) is 42.3 Å². The van der Waals surface area contributed by atoms with E-state index in [2.05, 4.69) is 286 Å². The molecule has 14 nitrogen and oxygen atoms in total. The van der Waals surface area contributed by atoms with Gasteiger partial charge in [-0.2, -0.15) is 0 Å². The third kappa shape index (κ3) is 17.2. The molecule has 2 aromatic heterocycles. The third-order valence-corrected chi connectivity index (χ3v) is 22.4. The zero-order chi connectivity index (χ0) is 75.3. The third-order valence-electron chi connectivity index (χ3n) is 21.5. The van der Waals surface area contributed by atoms with Crippen LogP contribution in [-0.4, -0.2) is 103 Å². The molecule has 0 radical (unpaired) electrons. The summed E-state index contributed by atoms with van der Waals surface area (Å²) in [5, 5.41) is 0. The van der Waals surface area contributed by atoms with Gasteiger partial charge >= 0.3 is 28.3 Å². The molecule has 0 saturated carbocycles. The van der Waals surface area contributed by atoms with Crippen LogP contribution < -0.4 is 10.9 Å². The van der Waals surface area contributed by atoms with E-state index in [4.69, 9.17) is 67.1 Å². The molecule has 4 fully saturated rings. The maximum absolute atomic E-state index is 6.55. The van der Waals surface area contributed by atoms with Crippen molar-refractivity contribution in [2.75, 3.05) is 0 Å². The molecule has 538 valence electrons. The molecule has 0 atom stereocenters. The van der Waals surface area contributed by atoms with Gasteiger partial charge < -0.3 is 37.2 Å². The van der Waals surface area contributed by atoms with Crippen molar-refractivity contribution in [2.45, 2.75) is 260 Å². The molecular weight excluding hydrogens is 1400 g/mol. The van der Waals surface area contributed by atoms with E-state index in [1.807, 2.05) is 73.6 Å². The SMILES string of the molecule is CC(C)(C)c1ccc(-c2nc(-c3ccc(C(C)(C)C)cc3)nc(-c3cc(B4OC(C)(C)C(C)(C)O4)cc(B4OC(C)(C)C(C)(C)O4)c3)n2)cc1.CC(C)(C)c1ccc(-c2nc(-c3ccc(C(C)(C)C)cc3)nc(-c3cc(Br)cc(Br)c3)n2)cc1.CC1(C)OB(B2OC(C)(C)C(C)(C)O2)OC1(C)C. The fourth-order valence-electron chi connectivity index (χ4n) is 11.7. The standard InChI is InChI=1S/C41H53B2N3O4.C29H29Br2N3.C12H24B2O4/c1-36(2,3)29-19-15-26(16-20-29)33-44-34(27-17-21-30(22-18-27)37(4,5)6)46-35(45-33)28-23-31(42-47-38(7,8)39(9,10)48-42)25-32(24-28)43-49-40(11,12)41(13,14)50-43;1-28(2,3)21-11-7-18(8-12-21)25-32-26(19-9-13-22(14-10-19)29(4,5)6)34-27(33-25)20-15-23(30)17-24(31)16-20;1-9(2)10(3,4)16-13(15-9)14-17-11(5,6)12(7,8)18-14/h15-25H,1-14H3;7-17H,1-6H3;1-8H3. The van der Waals surface area contributed by atoms with Crippen molar-refractivity contribution < 1.29 is 37.2 Å². The molecule has 0 bridgehead atoms. The Labute approximate surface area is 627 Å². The van der Waals surface area contributed by atoms with Crippen LogP contribution in [0.5, 0.6) is 0 Å². The van der Waals surface area contributed by atoms with Gasteiger partial charge in [0.15, 0.2) is 34.9 Å². The first-order chi connectivity index (χ1) is 46.7. The Morgan fingerprint density at radius 2 is 0.431 bits per heavy atom. The minimum atomic E-state index is -0.600. The maximum Gasteiger partial charge on any atom is 0.494 e. The van der Waals surface area contributed by atoms with E-state index in [1.165, 1.54) is 22.3 Å². The van der Waals surface area contributed by atoms with E-state index >= 15 is 0 Å². The summed E-state index contributed by atoms with van der Waals surface area (Å²) in [7, 11) is -2.15. The summed E-state index contributed by atoms with van der Waals surface area (Å²) >= 11 is 7.18. The van der Waals surface area contributed by atoms with Crippen molar-refractivity contribution in [2.24, 2.45) is 0 Å². The van der Waals surface area contributed by atoms with Crippen molar-refractivity contribution in [3.05, 3.63) is 165 Å². The van der Waals surface area contributed by atoms with Gasteiger partial charge in [-0.3, -0.25) is 0 Å². The normalized spacial score (nSPS) is 19.3. The minimum Gasteiger partial charge on any atom is -0.405 e. The van der Waals surface area contributed by atoms with Gasteiger partial charge in [-0.05, 0) is 184 Å². The lowest BCUT2D eigenvalue weighted by molar-refractivity contribution is 0.00578. The second-order valence-corrected chi connectivity index (χ2v) is 37.7. The fourth-order valence-corrected chi connectivity index (χ4v) is 13.0. The maximum atomic E-state index is 6.55. The van der Waals surface area contributed by atoms with Crippen LogP contribution in [0.3, 0.4) is 0 Å². The highest BCUT2D eigenvalue weighted by Crippen LogP contribution is 2.45. The van der Waals surface area contributed by atoms with E-state index in [1.54, 1.807) is 0 Å². The summed E-state index contributed by atoms with van der Waals surface area (Å²) in [5.74, 6) is 3.71. The first-order valence-corrected chi connectivity index (χ1v) is 37.3. The molecule has 6 heterocycles. The second kappa shape index (κ2) is 27.9. The summed E-state index contributed by atoms with van der Waals surface area (Å²) in [6, 6.07) is 46.3. The van der Waals surface area contributed by atoms with Gasteiger partial charge in [-0.15, -0.1) is 0 Å². The number of aromatic nitrogens is 6. The van der Waals surface area contributed by atoms with Crippen LogP contribution in [0.1, 0.15) is 216 Å². The Morgan fingerprint density at radius 1 is 0.245 bits per heavy atom. The zero-order valence-electron chi connectivity index (χ0n) is 65.7. The average molecular weight is 1510 g/mol. The highest BCUT2D eigenvalue weighted by atomic mass is 79.9. The predicted molar refractivity (Wildman–Crippen MR) is 426 cm³/mol. The predicted octanol–water partition coefficient (Wildman–Crippen LogP) is 19.3. The van der Waals surface area contributed by atoms with Gasteiger partial charge in [0.05, 0.1) is 44.8 Å². The highest BCUT2D eigenvalue weighted by molar-refractivity contribution is 9.11. The molecule has 0 unspecified atom stereocenters. The fraction of sp³-hybridized carbons (Fsp3) is 0.488. The van der Waals surface area contributed by atoms with Gasteiger partial charge in [-0.1, -0.05) is 230 Å². The molecule has 20 heteroatoms. The van der Waals surface area contributed by atoms with Gasteiger partial charge in [-0.25, -0.2) is 29.9 Å². The van der Waals surface area contributed by atoms with E-state index < -0.39 is 50.7 Å². The summed E-state index contributed by atoms with van der Waals surface area (Å²) in [4.78, 5) is 29.9. The summed E-state index contributed by atoms with van der Waals surface area (Å²) in [6.07, 6.45) is 0. The van der Waals surface area contributed by atoms with Crippen LogP contribution in [0.25, 0.3) is 68.3 Å². The molecule has 0 N–H and O–H groups in total. The zero-order valence-corrected chi connectivity index (χ0v) is 68.9. The molecule has 4 saturated heterocycles. The lowest BCUT2D eigenvalue weighted by Gasteiger charge is -2.32. The molecular formula is C82H106B4Br2N6O8. The van der Waals surface area contributed by atoms with Gasteiger partial charge in [0.25, 0.3) is 0 Å². The van der Waals surface area contributed by atoms with Crippen molar-refractivity contribution in [3.63, 3.8) is 0 Å². The summed E-state index contributed by atoms with van der Waals surface area (Å²) in [5.41, 5.74) is 8.99. The topological polar surface area (TPSA) is 151 Å². The monoisotopic (exact) mass is 1500 g/mol. The van der Waals surface area contributed by atoms with Crippen LogP contribution in [0.2, 0.25) is 0 Å². The lowest BCUT2D eigenvalue weighted by atomic mass is 9.49. The van der Waals surface area contributed by atoms with Crippen molar-refractivity contribution >= 4 is 71.0 Å². The van der Waals surface area contributed by atoms with Crippen molar-refractivity contribution in [1.82, 2.24) is 29.9 Å². The Hall–Kier alpha value is -5.76. The Morgan fingerprint density at radius 3 is 0.637 bits per heavy atom. The molecule has 0 spiro atoms. The van der Waals surface area contributed by atoms with E-state index in [-0.39, 0.29) is 44.1 Å². The highest BCUT2D eigenvalue weighted by Gasteiger charge is 2.64. The number of hydrogen-bond donors (Lipinski definition) is 0. The molecule has 0 amide bonds. The molecule has 4 aliphatic heterocycles. The molecule has 0 aliphatic carbocycles. The minimum absolute atomic E-state index is 0.0284. The largest absolute Gasteiger partial charge is 0.494 e. The number of rotatable bonds is 9. The van der Waals surface area contributed by atoms with Crippen LogP contribution in [-0.2, 0) is 58.9 Å². The van der Waals surface area contributed by atoms with E-state index in [9.17, 15) is 0 Å². The quantitative estimate of drug-likeness (QED) is 0.126. The number of nitrogens with zero attached hydrogens (tertiary/aromatic N) is 6. The van der Waals surface area contributed by atoms with Crippen LogP contribution in [0.4, 0.5) is 0 Å². The van der Waals surface area contributed by atoms with Gasteiger partial charge in [0.1, 0.15) is 0 Å². The Bertz CT molecular complexity index is 4020. The van der Waals surface area contributed by atoms with Gasteiger partial charge in [0.2, 0.25) is 0 Å². The lowest BCUT2D eigenvalue weighted by Crippen LogP contribution is -2.41. The van der Waals surface area contributed by atoms with E-state index in [0.717, 1.165) is 53.3 Å². The average Bonchev–Trinajstić information content (AvgIpc) is 0.803.